The van der Waals surface area contributed by atoms with Gasteiger partial charge >= 0.3 is 0 Å². The maximum atomic E-state index is 5.99. The Hall–Kier alpha value is -1.52. The summed E-state index contributed by atoms with van der Waals surface area (Å²) in [6.07, 6.45) is 1.57. The summed E-state index contributed by atoms with van der Waals surface area (Å²) < 4.78 is 5.61. The number of hydrogen-bond donors (Lipinski definition) is 1. The third kappa shape index (κ3) is 3.98. The quantitative estimate of drug-likeness (QED) is 0.854. The lowest BCUT2D eigenvalue weighted by molar-refractivity contribution is 0.242. The van der Waals surface area contributed by atoms with Crippen molar-refractivity contribution in [2.75, 3.05) is 5.32 Å². The molecule has 2 rings (SSSR count). The molecule has 0 aliphatic rings. The summed E-state index contributed by atoms with van der Waals surface area (Å²) in [6, 6.07) is 7.53. The van der Waals surface area contributed by atoms with E-state index < -0.39 is 0 Å². The van der Waals surface area contributed by atoms with Crippen LogP contribution in [-0.2, 0) is 0 Å². The van der Waals surface area contributed by atoms with E-state index in [2.05, 4.69) is 15.3 Å². The van der Waals surface area contributed by atoms with Crippen molar-refractivity contribution >= 4 is 34.7 Å². The molecule has 19 heavy (non-hydrogen) atoms. The molecule has 6 heteroatoms. The van der Waals surface area contributed by atoms with Gasteiger partial charge < -0.3 is 10.1 Å². The van der Waals surface area contributed by atoms with Crippen molar-refractivity contribution < 1.29 is 4.74 Å². The Kier molecular flexibility index (Phi) is 4.45. The Labute approximate surface area is 121 Å². The van der Waals surface area contributed by atoms with Gasteiger partial charge in [-0.25, -0.2) is 4.98 Å². The summed E-state index contributed by atoms with van der Waals surface area (Å²) in [5.74, 6) is 1.24. The minimum atomic E-state index is 0.118. The normalized spacial score (nSPS) is 10.6. The van der Waals surface area contributed by atoms with Crippen molar-refractivity contribution in [2.24, 2.45) is 0 Å². The molecule has 0 saturated carbocycles. The Morgan fingerprint density at radius 3 is 2.79 bits per heavy atom. The third-order valence-electron chi connectivity index (χ3n) is 2.18. The maximum absolute atomic E-state index is 5.99. The van der Waals surface area contributed by atoms with Crippen LogP contribution >= 0.6 is 23.2 Å². The molecule has 4 nitrogen and oxygen atoms in total. The van der Waals surface area contributed by atoms with E-state index in [1.807, 2.05) is 38.1 Å². The summed E-state index contributed by atoms with van der Waals surface area (Å²) in [5.41, 5.74) is 0.815. The van der Waals surface area contributed by atoms with Gasteiger partial charge in [0, 0.05) is 11.8 Å². The van der Waals surface area contributed by atoms with Crippen LogP contribution in [0.3, 0.4) is 0 Å². The Morgan fingerprint density at radius 2 is 2.05 bits per heavy atom. The van der Waals surface area contributed by atoms with Gasteiger partial charge in [0.1, 0.15) is 10.8 Å². The lowest BCUT2D eigenvalue weighted by Crippen LogP contribution is -2.05. The molecule has 0 saturated heterocycles. The number of nitrogens with zero attached hydrogens (tertiary/aromatic N) is 2. The fourth-order valence-electron chi connectivity index (χ4n) is 1.49. The number of anilines is 2. The molecular weight excluding hydrogens is 285 g/mol. The van der Waals surface area contributed by atoms with E-state index in [9.17, 15) is 0 Å². The number of halogens is 2. The third-order valence-corrected chi connectivity index (χ3v) is 2.64. The zero-order valence-electron chi connectivity index (χ0n) is 10.5. The molecule has 1 aromatic carbocycles. The van der Waals surface area contributed by atoms with Crippen LogP contribution in [0.1, 0.15) is 13.8 Å². The van der Waals surface area contributed by atoms with E-state index in [1.54, 1.807) is 0 Å². The van der Waals surface area contributed by atoms with Gasteiger partial charge in [-0.2, -0.15) is 4.98 Å². The van der Waals surface area contributed by atoms with Crippen molar-refractivity contribution in [1.82, 2.24) is 9.97 Å². The predicted octanol–water partition coefficient (Wildman–Crippen LogP) is 4.31. The van der Waals surface area contributed by atoms with Crippen LogP contribution in [-0.4, -0.2) is 16.1 Å². The van der Waals surface area contributed by atoms with Crippen molar-refractivity contribution in [3.8, 4) is 5.75 Å². The molecule has 0 atom stereocenters. The van der Waals surface area contributed by atoms with Gasteiger partial charge in [-0.05, 0) is 37.6 Å². The average Bonchev–Trinajstić information content (AvgIpc) is 2.33. The van der Waals surface area contributed by atoms with Crippen molar-refractivity contribution in [3.63, 3.8) is 0 Å². The molecule has 1 heterocycles. The van der Waals surface area contributed by atoms with Gasteiger partial charge in [0.15, 0.2) is 5.82 Å². The van der Waals surface area contributed by atoms with Crippen LogP contribution in [0.5, 0.6) is 5.75 Å². The van der Waals surface area contributed by atoms with Crippen LogP contribution in [0, 0.1) is 0 Å². The molecule has 0 fully saturated rings. The van der Waals surface area contributed by atoms with Gasteiger partial charge in [0.05, 0.1) is 12.3 Å². The molecule has 2 aromatic rings. The Morgan fingerprint density at radius 1 is 1.26 bits per heavy atom. The van der Waals surface area contributed by atoms with Crippen molar-refractivity contribution in [2.45, 2.75) is 20.0 Å². The molecule has 0 unspecified atom stereocenters. The lowest BCUT2D eigenvalue weighted by atomic mass is 10.3. The average molecular weight is 298 g/mol. The second-order valence-electron chi connectivity index (χ2n) is 4.16. The zero-order valence-corrected chi connectivity index (χ0v) is 12.0. The minimum Gasteiger partial charge on any atom is -0.491 e. The number of rotatable bonds is 4. The fraction of sp³-hybridized carbons (Fsp3) is 0.231. The summed E-state index contributed by atoms with van der Waals surface area (Å²) in [5, 5.41) is 3.62. The number of hydrogen-bond acceptors (Lipinski definition) is 4. The van der Waals surface area contributed by atoms with Gasteiger partial charge in [-0.1, -0.05) is 17.7 Å². The number of benzene rings is 1. The van der Waals surface area contributed by atoms with Gasteiger partial charge in [0.25, 0.3) is 0 Å². The Balaban J connectivity index is 2.21. The molecule has 0 aliphatic heterocycles. The highest BCUT2D eigenvalue weighted by atomic mass is 35.5. The molecule has 0 spiro atoms. The van der Waals surface area contributed by atoms with Gasteiger partial charge in [0.2, 0.25) is 5.28 Å². The first kappa shape index (κ1) is 13.9. The number of aromatic nitrogens is 2. The van der Waals surface area contributed by atoms with E-state index in [0.717, 1.165) is 11.4 Å². The smallest absolute Gasteiger partial charge is 0.224 e. The molecular formula is C13H13Cl2N3O. The van der Waals surface area contributed by atoms with Gasteiger partial charge in [-0.3, -0.25) is 0 Å². The zero-order chi connectivity index (χ0) is 13.8. The van der Waals surface area contributed by atoms with E-state index in [4.69, 9.17) is 27.9 Å². The highest BCUT2D eigenvalue weighted by Crippen LogP contribution is 2.26. The maximum Gasteiger partial charge on any atom is 0.224 e. The van der Waals surface area contributed by atoms with Crippen molar-refractivity contribution in [3.05, 3.63) is 40.8 Å². The second-order valence-corrected chi connectivity index (χ2v) is 4.90. The van der Waals surface area contributed by atoms with E-state index in [-0.39, 0.29) is 11.4 Å². The standard InChI is InChI=1S/C13H13Cl2N3O/c1-8(2)19-10-5-3-4-9(6-10)17-12-11(14)7-16-13(15)18-12/h3-8H,1-2H3,(H,16,17,18). The van der Waals surface area contributed by atoms with Crippen molar-refractivity contribution in [1.29, 1.82) is 0 Å². The van der Waals surface area contributed by atoms with E-state index >= 15 is 0 Å². The molecule has 1 N–H and O–H groups in total. The van der Waals surface area contributed by atoms with E-state index in [0.29, 0.717) is 10.8 Å². The highest BCUT2D eigenvalue weighted by molar-refractivity contribution is 6.33. The monoisotopic (exact) mass is 297 g/mol. The lowest BCUT2D eigenvalue weighted by Gasteiger charge is -2.12. The predicted molar refractivity (Wildman–Crippen MR) is 77.5 cm³/mol. The Bertz CT molecular complexity index is 576. The molecule has 0 aliphatic carbocycles. The van der Waals surface area contributed by atoms with Gasteiger partial charge in [-0.15, -0.1) is 0 Å². The number of nitrogens with one attached hydrogen (secondary N) is 1. The first-order chi connectivity index (χ1) is 9.04. The fourth-order valence-corrected chi connectivity index (χ4v) is 1.76. The van der Waals surface area contributed by atoms with E-state index in [1.165, 1.54) is 6.20 Å². The summed E-state index contributed by atoms with van der Waals surface area (Å²) in [4.78, 5) is 7.82. The molecule has 100 valence electrons. The first-order valence-electron chi connectivity index (χ1n) is 5.76. The molecule has 0 bridgehead atoms. The molecule has 1 aromatic heterocycles. The molecule has 0 radical (unpaired) electrons. The van der Waals surface area contributed by atoms with Crippen LogP contribution in [0.4, 0.5) is 11.5 Å². The largest absolute Gasteiger partial charge is 0.491 e. The van der Waals surface area contributed by atoms with Crippen LogP contribution in [0.15, 0.2) is 30.5 Å². The summed E-state index contributed by atoms with van der Waals surface area (Å²) in [7, 11) is 0. The first-order valence-corrected chi connectivity index (χ1v) is 6.52. The summed E-state index contributed by atoms with van der Waals surface area (Å²) >= 11 is 11.7. The van der Waals surface area contributed by atoms with Crippen LogP contribution < -0.4 is 10.1 Å². The second kappa shape index (κ2) is 6.08. The van der Waals surface area contributed by atoms with Crippen LogP contribution in [0.25, 0.3) is 0 Å². The topological polar surface area (TPSA) is 47.0 Å². The SMILES string of the molecule is CC(C)Oc1cccc(Nc2nc(Cl)ncc2Cl)c1. The number of ether oxygens (including phenoxy) is 1. The summed E-state index contributed by atoms with van der Waals surface area (Å²) in [6.45, 7) is 3.95. The minimum absolute atomic E-state index is 0.118. The molecule has 0 amide bonds. The highest BCUT2D eigenvalue weighted by Gasteiger charge is 2.06. The van der Waals surface area contributed by atoms with Crippen LogP contribution in [0.2, 0.25) is 10.3 Å².